The minimum atomic E-state index is -4.55. The van der Waals surface area contributed by atoms with Gasteiger partial charge in [0, 0.05) is 17.8 Å². The Hall–Kier alpha value is -3.63. The summed E-state index contributed by atoms with van der Waals surface area (Å²) in [5, 5.41) is 12.9. The van der Waals surface area contributed by atoms with Gasteiger partial charge in [0.15, 0.2) is 13.2 Å². The van der Waals surface area contributed by atoms with Crippen molar-refractivity contribution in [3.05, 3.63) is 64.2 Å². The van der Waals surface area contributed by atoms with Crippen molar-refractivity contribution in [3.63, 3.8) is 0 Å². The molecule has 11 heteroatoms. The zero-order valence-corrected chi connectivity index (χ0v) is 14.1. The third-order valence-electron chi connectivity index (χ3n) is 3.24. The Morgan fingerprint density at radius 3 is 2.36 bits per heavy atom. The van der Waals surface area contributed by atoms with Crippen molar-refractivity contribution in [1.29, 1.82) is 0 Å². The second kappa shape index (κ2) is 8.84. The topological polar surface area (TPSA) is 108 Å². The number of esters is 1. The van der Waals surface area contributed by atoms with Crippen LogP contribution in [0.2, 0.25) is 0 Å². The highest BCUT2D eigenvalue weighted by Gasteiger charge is 2.30. The van der Waals surface area contributed by atoms with E-state index in [4.69, 9.17) is 4.74 Å². The van der Waals surface area contributed by atoms with Gasteiger partial charge < -0.3 is 14.8 Å². The highest BCUT2D eigenvalue weighted by Crippen LogP contribution is 2.31. The lowest BCUT2D eigenvalue weighted by atomic mass is 10.2. The SMILES string of the molecule is O=C(COC(=O)COc1cccc(C(F)(F)F)c1)Nc1ccc([N+](=O)[O-])cc1. The maximum Gasteiger partial charge on any atom is 0.416 e. The number of nitro benzene ring substituents is 1. The van der Waals surface area contributed by atoms with Crippen molar-refractivity contribution in [2.24, 2.45) is 0 Å². The van der Waals surface area contributed by atoms with Crippen molar-refractivity contribution in [3.8, 4) is 5.75 Å². The molecule has 2 aromatic carbocycles. The number of anilines is 1. The molecular weight excluding hydrogens is 385 g/mol. The summed E-state index contributed by atoms with van der Waals surface area (Å²) in [5.41, 5.74) is -0.830. The molecule has 0 spiro atoms. The third kappa shape index (κ3) is 6.27. The lowest BCUT2D eigenvalue weighted by Gasteiger charge is -2.10. The standard InChI is InChI=1S/C17H13F3N2O6/c18-17(19,20)11-2-1-3-14(8-11)27-10-16(24)28-9-15(23)21-12-4-6-13(7-5-12)22(25)26/h1-8H,9-10H2,(H,21,23). The summed E-state index contributed by atoms with van der Waals surface area (Å²) >= 11 is 0. The van der Waals surface area contributed by atoms with E-state index < -0.39 is 41.8 Å². The van der Waals surface area contributed by atoms with E-state index in [1.54, 1.807) is 0 Å². The van der Waals surface area contributed by atoms with Crippen LogP contribution in [0, 0.1) is 10.1 Å². The molecule has 0 bridgehead atoms. The number of halogens is 3. The first-order valence-corrected chi connectivity index (χ1v) is 7.65. The molecule has 8 nitrogen and oxygen atoms in total. The van der Waals surface area contributed by atoms with Crippen molar-refractivity contribution < 1.29 is 37.2 Å². The smallest absolute Gasteiger partial charge is 0.416 e. The number of non-ortho nitro benzene ring substituents is 1. The number of nitrogens with zero attached hydrogens (tertiary/aromatic N) is 1. The number of alkyl halides is 3. The second-order valence-electron chi connectivity index (χ2n) is 5.33. The number of nitrogens with one attached hydrogen (secondary N) is 1. The largest absolute Gasteiger partial charge is 0.482 e. The first-order valence-electron chi connectivity index (χ1n) is 7.65. The molecule has 0 unspecified atom stereocenters. The number of nitro groups is 1. The number of amides is 1. The van der Waals surface area contributed by atoms with Crippen LogP contribution in [0.1, 0.15) is 5.56 Å². The molecule has 0 aromatic heterocycles. The lowest BCUT2D eigenvalue weighted by Crippen LogP contribution is -2.23. The monoisotopic (exact) mass is 398 g/mol. The van der Waals surface area contributed by atoms with Gasteiger partial charge in [-0.2, -0.15) is 13.2 Å². The lowest BCUT2D eigenvalue weighted by molar-refractivity contribution is -0.384. The van der Waals surface area contributed by atoms with Crippen LogP contribution in [0.4, 0.5) is 24.5 Å². The first-order chi connectivity index (χ1) is 13.1. The summed E-state index contributed by atoms with van der Waals surface area (Å²) in [6.07, 6.45) is -4.55. The Bertz CT molecular complexity index is 868. The number of benzene rings is 2. The number of carbonyl (C=O) groups excluding carboxylic acids is 2. The molecule has 0 heterocycles. The summed E-state index contributed by atoms with van der Waals surface area (Å²) in [5.74, 6) is -1.85. The molecular formula is C17H13F3N2O6. The molecule has 1 amide bonds. The van der Waals surface area contributed by atoms with E-state index >= 15 is 0 Å². The number of ether oxygens (including phenoxy) is 2. The van der Waals surface area contributed by atoms with Crippen molar-refractivity contribution in [2.45, 2.75) is 6.18 Å². The summed E-state index contributed by atoms with van der Waals surface area (Å²) in [7, 11) is 0. The molecule has 28 heavy (non-hydrogen) atoms. The van der Waals surface area contributed by atoms with Crippen LogP contribution in [0.5, 0.6) is 5.75 Å². The van der Waals surface area contributed by atoms with Crippen LogP contribution in [0.15, 0.2) is 48.5 Å². The van der Waals surface area contributed by atoms with Gasteiger partial charge in [-0.25, -0.2) is 4.79 Å². The van der Waals surface area contributed by atoms with E-state index in [1.165, 1.54) is 30.3 Å². The predicted molar refractivity (Wildman–Crippen MR) is 89.6 cm³/mol. The van der Waals surface area contributed by atoms with Crippen molar-refractivity contribution >= 4 is 23.3 Å². The third-order valence-corrected chi connectivity index (χ3v) is 3.24. The maximum absolute atomic E-state index is 12.6. The molecule has 0 atom stereocenters. The fourth-order valence-corrected chi connectivity index (χ4v) is 1.96. The highest BCUT2D eigenvalue weighted by atomic mass is 19.4. The molecule has 0 aliphatic heterocycles. The Labute approximate surface area is 156 Å². The first kappa shape index (κ1) is 20.7. The van der Waals surface area contributed by atoms with E-state index in [2.05, 4.69) is 10.1 Å². The molecule has 0 fully saturated rings. The maximum atomic E-state index is 12.6. The van der Waals surface area contributed by atoms with Crippen LogP contribution in [-0.4, -0.2) is 30.0 Å². The van der Waals surface area contributed by atoms with E-state index in [1.807, 2.05) is 0 Å². The molecule has 2 aromatic rings. The zero-order chi connectivity index (χ0) is 20.7. The van der Waals surface area contributed by atoms with E-state index in [9.17, 15) is 32.9 Å². The predicted octanol–water partition coefficient (Wildman–Crippen LogP) is 3.17. The summed E-state index contributed by atoms with van der Waals surface area (Å²) < 4.78 is 47.3. The molecule has 0 aliphatic carbocycles. The van der Waals surface area contributed by atoms with Gasteiger partial charge in [-0.15, -0.1) is 0 Å². The Morgan fingerprint density at radius 2 is 1.75 bits per heavy atom. The molecule has 2 rings (SSSR count). The Morgan fingerprint density at radius 1 is 1.07 bits per heavy atom. The molecule has 0 saturated carbocycles. The average molecular weight is 398 g/mol. The van der Waals surface area contributed by atoms with Gasteiger partial charge in [0.05, 0.1) is 10.5 Å². The molecule has 1 N–H and O–H groups in total. The molecule has 0 aliphatic rings. The molecule has 148 valence electrons. The van der Waals surface area contributed by atoms with E-state index in [0.29, 0.717) is 0 Å². The van der Waals surface area contributed by atoms with Crippen LogP contribution in [0.25, 0.3) is 0 Å². The molecule has 0 saturated heterocycles. The van der Waals surface area contributed by atoms with E-state index in [-0.39, 0.29) is 17.1 Å². The summed E-state index contributed by atoms with van der Waals surface area (Å²) in [4.78, 5) is 33.2. The minimum absolute atomic E-state index is 0.156. The second-order valence-corrected chi connectivity index (χ2v) is 5.33. The zero-order valence-electron chi connectivity index (χ0n) is 14.1. The fourth-order valence-electron chi connectivity index (χ4n) is 1.96. The summed E-state index contributed by atoms with van der Waals surface area (Å²) in [6, 6.07) is 8.92. The van der Waals surface area contributed by atoms with E-state index in [0.717, 1.165) is 18.2 Å². The van der Waals surface area contributed by atoms with Gasteiger partial charge in [0.2, 0.25) is 0 Å². The number of carbonyl (C=O) groups is 2. The van der Waals surface area contributed by atoms with Crippen LogP contribution in [0.3, 0.4) is 0 Å². The fraction of sp³-hybridized carbons (Fsp3) is 0.176. The van der Waals surface area contributed by atoms with Crippen LogP contribution >= 0.6 is 0 Å². The summed E-state index contributed by atoms with van der Waals surface area (Å²) in [6.45, 7) is -1.35. The molecule has 0 radical (unpaired) electrons. The van der Waals surface area contributed by atoms with Crippen LogP contribution in [-0.2, 0) is 20.5 Å². The Kier molecular flexibility index (Phi) is 6.53. The van der Waals surface area contributed by atoms with Crippen LogP contribution < -0.4 is 10.1 Å². The normalized spacial score (nSPS) is 10.8. The number of hydrogen-bond donors (Lipinski definition) is 1. The van der Waals surface area contributed by atoms with Gasteiger partial charge in [0.1, 0.15) is 5.75 Å². The number of rotatable bonds is 7. The van der Waals surface area contributed by atoms with Gasteiger partial charge in [-0.05, 0) is 30.3 Å². The van der Waals surface area contributed by atoms with Gasteiger partial charge in [-0.3, -0.25) is 14.9 Å². The van der Waals surface area contributed by atoms with Gasteiger partial charge in [-0.1, -0.05) is 6.07 Å². The number of hydrogen-bond acceptors (Lipinski definition) is 6. The van der Waals surface area contributed by atoms with Gasteiger partial charge in [0.25, 0.3) is 11.6 Å². The highest BCUT2D eigenvalue weighted by molar-refractivity contribution is 5.92. The van der Waals surface area contributed by atoms with Gasteiger partial charge >= 0.3 is 12.1 Å². The Balaban J connectivity index is 1.77. The van der Waals surface area contributed by atoms with Crippen molar-refractivity contribution in [1.82, 2.24) is 0 Å². The minimum Gasteiger partial charge on any atom is -0.482 e. The average Bonchev–Trinajstić information content (AvgIpc) is 2.64. The quantitative estimate of drug-likeness (QED) is 0.436. The van der Waals surface area contributed by atoms with Crippen molar-refractivity contribution in [2.75, 3.05) is 18.5 Å².